The molecule has 2 aliphatic heterocycles. The van der Waals surface area contributed by atoms with E-state index < -0.39 is 0 Å². The van der Waals surface area contributed by atoms with Gasteiger partial charge in [-0.05, 0) is 76.1 Å². The van der Waals surface area contributed by atoms with E-state index in [0.717, 1.165) is 95.2 Å². The number of nitrogens with zero attached hydrogens (tertiary/aromatic N) is 8. The van der Waals surface area contributed by atoms with Gasteiger partial charge in [0.05, 0.1) is 23.5 Å². The lowest BCUT2D eigenvalue weighted by Crippen LogP contribution is -2.40. The van der Waals surface area contributed by atoms with Gasteiger partial charge in [0.25, 0.3) is 0 Å². The molecule has 6 aromatic rings. The maximum Gasteiger partial charge on any atom is 0.245 e. The Morgan fingerprint density at radius 3 is 1.22 bits per heavy atom. The molecule has 0 saturated carbocycles. The van der Waals surface area contributed by atoms with Crippen LogP contribution in [0.3, 0.4) is 0 Å². The lowest BCUT2D eigenvalue weighted by atomic mass is 10.0. The maximum absolute atomic E-state index is 14.0. The second-order valence-corrected chi connectivity index (χ2v) is 16.3. The number of benzene rings is 4. The van der Waals surface area contributed by atoms with Crippen molar-refractivity contribution in [3.05, 3.63) is 144 Å². The molecule has 10 heteroatoms. The minimum atomic E-state index is -0.341. The summed E-state index contributed by atoms with van der Waals surface area (Å²) in [5.74, 6) is 2.07. The van der Waals surface area contributed by atoms with Crippen LogP contribution in [0.4, 0.5) is 0 Å². The SMILES string of the molecule is CN(C)[C@@H](C(=O)N1CCC[C@H]1c1nc(-c2ccc(-c3ccc(-c4cn(C)c([C@@H]5CCCN5C(=O)[C@@H](c5ccccc5)N(C)C)n4)cc3)cc2)cn1C)c1ccccc1. The van der Waals surface area contributed by atoms with E-state index in [0.29, 0.717) is 0 Å². The zero-order chi connectivity index (χ0) is 40.5. The van der Waals surface area contributed by atoms with Gasteiger partial charge in [-0.1, -0.05) is 109 Å². The van der Waals surface area contributed by atoms with Gasteiger partial charge >= 0.3 is 0 Å². The Morgan fingerprint density at radius 2 is 0.879 bits per heavy atom. The summed E-state index contributed by atoms with van der Waals surface area (Å²) in [6, 6.07) is 36.3. The summed E-state index contributed by atoms with van der Waals surface area (Å²) in [7, 11) is 11.9. The molecule has 2 fully saturated rings. The Morgan fingerprint density at radius 1 is 0.534 bits per heavy atom. The number of imidazole rings is 2. The quantitative estimate of drug-likeness (QED) is 0.132. The highest BCUT2D eigenvalue weighted by Gasteiger charge is 2.39. The van der Waals surface area contributed by atoms with Crippen molar-refractivity contribution in [1.29, 1.82) is 0 Å². The highest BCUT2D eigenvalue weighted by atomic mass is 16.2. The average molecular weight is 775 g/mol. The molecule has 8 rings (SSSR count). The first-order valence-corrected chi connectivity index (χ1v) is 20.4. The molecule has 10 nitrogen and oxygen atoms in total. The average Bonchev–Trinajstić information content (AvgIpc) is 4.05. The van der Waals surface area contributed by atoms with Crippen molar-refractivity contribution in [2.24, 2.45) is 14.1 Å². The van der Waals surface area contributed by atoms with Crippen molar-refractivity contribution >= 4 is 11.8 Å². The van der Waals surface area contributed by atoms with Crippen molar-refractivity contribution in [2.45, 2.75) is 49.9 Å². The van der Waals surface area contributed by atoms with Gasteiger partial charge in [0.2, 0.25) is 11.8 Å². The number of likely N-dealkylation sites (tertiary alicyclic amines) is 2. The molecule has 58 heavy (non-hydrogen) atoms. The fourth-order valence-electron chi connectivity index (χ4n) is 9.03. The van der Waals surface area contributed by atoms with E-state index in [4.69, 9.17) is 9.97 Å². The second kappa shape index (κ2) is 16.6. The summed E-state index contributed by atoms with van der Waals surface area (Å²) in [4.78, 5) is 46.4. The van der Waals surface area contributed by atoms with Crippen molar-refractivity contribution in [3.8, 4) is 33.6 Å². The first-order valence-electron chi connectivity index (χ1n) is 20.4. The molecule has 2 aliphatic rings. The van der Waals surface area contributed by atoms with Crippen LogP contribution < -0.4 is 0 Å². The number of carbonyl (C=O) groups is 2. The van der Waals surface area contributed by atoms with E-state index in [9.17, 15) is 9.59 Å². The molecule has 4 heterocycles. The van der Waals surface area contributed by atoms with Crippen LogP contribution in [0.25, 0.3) is 33.6 Å². The van der Waals surface area contributed by atoms with Gasteiger partial charge in [0.1, 0.15) is 23.7 Å². The van der Waals surface area contributed by atoms with Gasteiger partial charge in [-0.3, -0.25) is 19.4 Å². The van der Waals surface area contributed by atoms with E-state index in [-0.39, 0.29) is 36.0 Å². The number of amides is 2. The van der Waals surface area contributed by atoms with Gasteiger partial charge in [-0.15, -0.1) is 0 Å². The standard InChI is InChI=1S/C48H54N8O2/c1-51(2)43(37-15-9-7-10-16-37)47(57)55-29-13-19-41(55)45-49-39(31-53(45)5)35-25-21-33(22-26-35)34-23-27-36(28-24-34)40-32-54(6)46(50-40)42-20-14-30-56(42)48(58)44(52(3)4)38-17-11-8-12-18-38/h7-12,15-18,21-28,31-32,41-44H,13-14,19-20,29-30H2,1-6H3/t41-,42-,43+,44+/m0/s1. The molecule has 4 atom stereocenters. The number of likely N-dealkylation sites (N-methyl/N-ethyl adjacent to an activating group) is 2. The Kier molecular flexibility index (Phi) is 11.1. The van der Waals surface area contributed by atoms with Crippen molar-refractivity contribution in [2.75, 3.05) is 41.3 Å². The summed E-state index contributed by atoms with van der Waals surface area (Å²) < 4.78 is 4.17. The van der Waals surface area contributed by atoms with Crippen LogP contribution in [0, 0.1) is 0 Å². The molecule has 0 spiro atoms. The number of aromatic nitrogens is 4. The van der Waals surface area contributed by atoms with Crippen LogP contribution in [0.15, 0.2) is 122 Å². The molecule has 4 aromatic carbocycles. The molecule has 0 radical (unpaired) electrons. The van der Waals surface area contributed by atoms with Crippen LogP contribution in [0.5, 0.6) is 0 Å². The molecule has 2 aromatic heterocycles. The van der Waals surface area contributed by atoms with Gasteiger partial charge in [-0.2, -0.15) is 0 Å². The van der Waals surface area contributed by atoms with Crippen molar-refractivity contribution in [3.63, 3.8) is 0 Å². The second-order valence-electron chi connectivity index (χ2n) is 16.3. The van der Waals surface area contributed by atoms with Crippen molar-refractivity contribution in [1.82, 2.24) is 38.7 Å². The molecule has 0 aliphatic carbocycles. The maximum atomic E-state index is 14.0. The predicted octanol–water partition coefficient (Wildman–Crippen LogP) is 8.09. The monoisotopic (exact) mass is 774 g/mol. The summed E-state index contributed by atoms with van der Waals surface area (Å²) in [6.07, 6.45) is 7.85. The number of hydrogen-bond donors (Lipinski definition) is 0. The largest absolute Gasteiger partial charge is 0.336 e. The summed E-state index contributed by atoms with van der Waals surface area (Å²) in [5.41, 5.74) is 8.11. The Balaban J connectivity index is 0.960. The normalized spacial score (nSPS) is 18.0. The molecular formula is C48H54N8O2. The first kappa shape index (κ1) is 39.0. The molecule has 0 bridgehead atoms. The molecule has 0 unspecified atom stereocenters. The van der Waals surface area contributed by atoms with E-state index in [1.165, 1.54) is 0 Å². The van der Waals surface area contributed by atoms with Crippen LogP contribution in [0.1, 0.15) is 72.6 Å². The number of hydrogen-bond acceptors (Lipinski definition) is 6. The van der Waals surface area contributed by atoms with Gasteiger partial charge < -0.3 is 18.9 Å². The first-order chi connectivity index (χ1) is 28.1. The Labute approximate surface area is 342 Å². The predicted molar refractivity (Wildman–Crippen MR) is 229 cm³/mol. The third-order valence-corrected chi connectivity index (χ3v) is 11.9. The van der Waals surface area contributed by atoms with E-state index in [1.54, 1.807) is 0 Å². The molecule has 2 amide bonds. The third kappa shape index (κ3) is 7.62. The Hall–Kier alpha value is -5.84. The van der Waals surface area contributed by atoms with Crippen LogP contribution in [-0.4, -0.2) is 91.8 Å². The van der Waals surface area contributed by atoms with Gasteiger partial charge in [0.15, 0.2) is 0 Å². The minimum Gasteiger partial charge on any atom is -0.336 e. The third-order valence-electron chi connectivity index (χ3n) is 11.9. The number of rotatable bonds is 11. The lowest BCUT2D eigenvalue weighted by Gasteiger charge is -2.32. The highest BCUT2D eigenvalue weighted by Crippen LogP contribution is 2.38. The molecular weight excluding hydrogens is 721 g/mol. The molecule has 2 saturated heterocycles. The highest BCUT2D eigenvalue weighted by molar-refractivity contribution is 5.85. The molecule has 298 valence electrons. The summed E-state index contributed by atoms with van der Waals surface area (Å²) in [6.45, 7) is 1.45. The van der Waals surface area contributed by atoms with Crippen LogP contribution in [-0.2, 0) is 23.7 Å². The molecule has 0 N–H and O–H groups in total. The fraction of sp³-hybridized carbons (Fsp3) is 0.333. The van der Waals surface area contributed by atoms with E-state index in [2.05, 4.69) is 70.1 Å². The van der Waals surface area contributed by atoms with Crippen LogP contribution in [0.2, 0.25) is 0 Å². The van der Waals surface area contributed by atoms with Gasteiger partial charge in [-0.25, -0.2) is 9.97 Å². The number of aryl methyl sites for hydroxylation is 2. The zero-order valence-corrected chi connectivity index (χ0v) is 34.5. The smallest absolute Gasteiger partial charge is 0.245 e. The van der Waals surface area contributed by atoms with Crippen LogP contribution >= 0.6 is 0 Å². The lowest BCUT2D eigenvalue weighted by molar-refractivity contribution is -0.138. The minimum absolute atomic E-state index is 0.0694. The van der Waals surface area contributed by atoms with E-state index in [1.807, 2.05) is 123 Å². The number of carbonyl (C=O) groups excluding carboxylic acids is 2. The zero-order valence-electron chi connectivity index (χ0n) is 34.5. The summed E-state index contributed by atoms with van der Waals surface area (Å²) >= 11 is 0. The van der Waals surface area contributed by atoms with E-state index >= 15 is 0 Å². The fourth-order valence-corrected chi connectivity index (χ4v) is 9.03. The van der Waals surface area contributed by atoms with Gasteiger partial charge in [0, 0.05) is 50.7 Å². The topological polar surface area (TPSA) is 82.7 Å². The van der Waals surface area contributed by atoms with Crippen molar-refractivity contribution < 1.29 is 9.59 Å². The Bertz CT molecular complexity index is 2180. The summed E-state index contributed by atoms with van der Waals surface area (Å²) in [5, 5.41) is 0.